The first kappa shape index (κ1) is 18.5. The molecule has 2 aromatic carbocycles. The topological polar surface area (TPSA) is 50.8 Å². The number of anilines is 2. The van der Waals surface area contributed by atoms with Crippen molar-refractivity contribution < 1.29 is 14.3 Å². The number of hydrogen-bond donors (Lipinski definition) is 1. The third kappa shape index (κ3) is 4.68. The first-order valence-electron chi connectivity index (χ1n) is 8.82. The molecule has 3 rings (SSSR count). The van der Waals surface area contributed by atoms with Crippen LogP contribution in [0.3, 0.4) is 0 Å². The molecular formula is C20H23ClN2O3. The van der Waals surface area contributed by atoms with E-state index >= 15 is 0 Å². The maximum atomic E-state index is 12.5. The van der Waals surface area contributed by atoms with Gasteiger partial charge in [-0.3, -0.25) is 4.79 Å². The zero-order chi connectivity index (χ0) is 18.4. The third-order valence-corrected chi connectivity index (χ3v) is 4.59. The van der Waals surface area contributed by atoms with Crippen molar-refractivity contribution in [2.75, 3.05) is 36.5 Å². The normalized spacial score (nSPS) is 15.4. The van der Waals surface area contributed by atoms with Crippen LogP contribution in [0.5, 0.6) is 5.75 Å². The molecule has 1 aliphatic heterocycles. The van der Waals surface area contributed by atoms with Gasteiger partial charge in [-0.15, -0.1) is 0 Å². The lowest BCUT2D eigenvalue weighted by Crippen LogP contribution is -2.36. The fraction of sp³-hybridized carbons (Fsp3) is 0.350. The van der Waals surface area contributed by atoms with Gasteiger partial charge in [0.1, 0.15) is 5.75 Å². The average Bonchev–Trinajstić information content (AvgIpc) is 2.68. The number of ether oxygens (including phenoxy) is 2. The number of carbonyl (C=O) groups excluding carboxylic acids is 1. The van der Waals surface area contributed by atoms with Gasteiger partial charge < -0.3 is 19.7 Å². The van der Waals surface area contributed by atoms with Crippen LogP contribution >= 0.6 is 11.6 Å². The number of carbonyl (C=O) groups is 1. The van der Waals surface area contributed by atoms with Crippen LogP contribution < -0.4 is 15.0 Å². The molecule has 1 fully saturated rings. The van der Waals surface area contributed by atoms with E-state index in [0.29, 0.717) is 17.2 Å². The first-order valence-corrected chi connectivity index (χ1v) is 9.20. The van der Waals surface area contributed by atoms with E-state index in [4.69, 9.17) is 21.1 Å². The average molecular weight is 375 g/mol. The fourth-order valence-electron chi connectivity index (χ4n) is 2.82. The molecule has 0 bridgehead atoms. The summed E-state index contributed by atoms with van der Waals surface area (Å²) in [5.41, 5.74) is 1.87. The quantitative estimate of drug-likeness (QED) is 0.831. The maximum absolute atomic E-state index is 12.5. The summed E-state index contributed by atoms with van der Waals surface area (Å²) in [5.74, 6) is 0.324. The number of benzene rings is 2. The monoisotopic (exact) mass is 374 g/mol. The predicted molar refractivity (Wildman–Crippen MR) is 104 cm³/mol. The second kappa shape index (κ2) is 8.92. The number of amides is 1. The Labute approximate surface area is 158 Å². The van der Waals surface area contributed by atoms with Crippen LogP contribution in [-0.2, 0) is 9.53 Å². The van der Waals surface area contributed by atoms with E-state index in [-0.39, 0.29) is 5.91 Å². The van der Waals surface area contributed by atoms with Crippen molar-refractivity contribution in [1.29, 1.82) is 0 Å². The molecule has 0 radical (unpaired) electrons. The van der Waals surface area contributed by atoms with Crippen LogP contribution in [0.1, 0.15) is 13.3 Å². The van der Waals surface area contributed by atoms with Crippen molar-refractivity contribution in [2.24, 2.45) is 0 Å². The van der Waals surface area contributed by atoms with E-state index in [2.05, 4.69) is 10.2 Å². The van der Waals surface area contributed by atoms with Crippen molar-refractivity contribution in [3.05, 3.63) is 53.6 Å². The van der Waals surface area contributed by atoms with Crippen LogP contribution in [0.25, 0.3) is 0 Å². The van der Waals surface area contributed by atoms with Gasteiger partial charge in [-0.25, -0.2) is 0 Å². The van der Waals surface area contributed by atoms with E-state index in [0.717, 1.165) is 37.7 Å². The largest absolute Gasteiger partial charge is 0.479 e. The first-order chi connectivity index (χ1) is 12.7. The fourth-order valence-corrected chi connectivity index (χ4v) is 3.00. The molecule has 0 spiro atoms. The zero-order valence-corrected chi connectivity index (χ0v) is 15.5. The highest BCUT2D eigenvalue weighted by atomic mass is 35.5. The molecule has 1 amide bonds. The number of morpholine rings is 1. The molecular weight excluding hydrogens is 352 g/mol. The summed E-state index contributed by atoms with van der Waals surface area (Å²) < 4.78 is 11.2. The molecule has 1 atom stereocenters. The van der Waals surface area contributed by atoms with Crippen LogP contribution in [0.15, 0.2) is 48.5 Å². The molecule has 138 valence electrons. The Morgan fingerprint density at radius 1 is 1.19 bits per heavy atom. The van der Waals surface area contributed by atoms with E-state index in [1.807, 2.05) is 43.3 Å². The molecule has 5 nitrogen and oxygen atoms in total. The zero-order valence-electron chi connectivity index (χ0n) is 14.8. The molecule has 1 aliphatic rings. The van der Waals surface area contributed by atoms with Gasteiger partial charge in [-0.1, -0.05) is 30.7 Å². The second-order valence-electron chi connectivity index (χ2n) is 6.08. The number of nitrogens with one attached hydrogen (secondary N) is 1. The van der Waals surface area contributed by atoms with Crippen molar-refractivity contribution in [3.8, 4) is 5.75 Å². The van der Waals surface area contributed by atoms with Gasteiger partial charge in [0, 0.05) is 24.5 Å². The number of halogens is 1. The number of para-hydroxylation sites is 1. The van der Waals surface area contributed by atoms with Crippen molar-refractivity contribution in [3.63, 3.8) is 0 Å². The highest BCUT2D eigenvalue weighted by molar-refractivity contribution is 6.32. The summed E-state index contributed by atoms with van der Waals surface area (Å²) in [6, 6.07) is 15.0. The Bertz CT molecular complexity index is 730. The SMILES string of the molecule is CCC(Oc1ccccc1Cl)C(=O)Nc1ccc(N2CCOCC2)cc1. The lowest BCUT2D eigenvalue weighted by atomic mass is 10.2. The number of nitrogens with zero attached hydrogens (tertiary/aromatic N) is 1. The molecule has 26 heavy (non-hydrogen) atoms. The summed E-state index contributed by atoms with van der Waals surface area (Å²) >= 11 is 6.11. The summed E-state index contributed by atoms with van der Waals surface area (Å²) in [6.45, 7) is 5.17. The number of rotatable bonds is 6. The van der Waals surface area contributed by atoms with Crippen LogP contribution in [0, 0.1) is 0 Å². The minimum absolute atomic E-state index is 0.188. The molecule has 1 unspecified atom stereocenters. The summed E-state index contributed by atoms with van der Waals surface area (Å²) in [5, 5.41) is 3.41. The smallest absolute Gasteiger partial charge is 0.265 e. The van der Waals surface area contributed by atoms with Crippen LogP contribution in [0.4, 0.5) is 11.4 Å². The van der Waals surface area contributed by atoms with E-state index < -0.39 is 6.10 Å². The maximum Gasteiger partial charge on any atom is 0.265 e. The Hall–Kier alpha value is -2.24. The predicted octanol–water partition coefficient (Wildman–Crippen LogP) is 3.97. The second-order valence-corrected chi connectivity index (χ2v) is 6.49. The van der Waals surface area contributed by atoms with Crippen molar-refractivity contribution >= 4 is 28.9 Å². The minimum Gasteiger partial charge on any atom is -0.479 e. The van der Waals surface area contributed by atoms with E-state index in [1.165, 1.54) is 0 Å². The van der Waals surface area contributed by atoms with Crippen LogP contribution in [0.2, 0.25) is 5.02 Å². The van der Waals surface area contributed by atoms with Gasteiger partial charge in [0.2, 0.25) is 0 Å². The molecule has 0 aromatic heterocycles. The Morgan fingerprint density at radius 2 is 1.88 bits per heavy atom. The van der Waals surface area contributed by atoms with Gasteiger partial charge in [0.15, 0.2) is 6.10 Å². The molecule has 0 aliphatic carbocycles. The lowest BCUT2D eigenvalue weighted by Gasteiger charge is -2.29. The van der Waals surface area contributed by atoms with Gasteiger partial charge >= 0.3 is 0 Å². The molecule has 1 saturated heterocycles. The summed E-state index contributed by atoms with van der Waals surface area (Å²) in [4.78, 5) is 14.8. The van der Waals surface area contributed by atoms with Gasteiger partial charge in [0.05, 0.1) is 18.2 Å². The molecule has 1 heterocycles. The third-order valence-electron chi connectivity index (χ3n) is 4.28. The van der Waals surface area contributed by atoms with Crippen molar-refractivity contribution in [1.82, 2.24) is 0 Å². The standard InChI is InChI=1S/C20H23ClN2O3/c1-2-18(26-19-6-4-3-5-17(19)21)20(24)22-15-7-9-16(10-8-15)23-11-13-25-14-12-23/h3-10,18H,2,11-14H2,1H3,(H,22,24). The minimum atomic E-state index is -0.603. The molecule has 0 saturated carbocycles. The van der Waals surface area contributed by atoms with E-state index in [1.54, 1.807) is 12.1 Å². The van der Waals surface area contributed by atoms with Crippen molar-refractivity contribution in [2.45, 2.75) is 19.4 Å². The Balaban J connectivity index is 1.61. The molecule has 6 heteroatoms. The lowest BCUT2D eigenvalue weighted by molar-refractivity contribution is -0.122. The summed E-state index contributed by atoms with van der Waals surface area (Å²) in [7, 11) is 0. The van der Waals surface area contributed by atoms with Gasteiger partial charge in [-0.2, -0.15) is 0 Å². The van der Waals surface area contributed by atoms with E-state index in [9.17, 15) is 4.79 Å². The van der Waals surface area contributed by atoms with Gasteiger partial charge in [0.25, 0.3) is 5.91 Å². The molecule has 1 N–H and O–H groups in total. The molecule has 2 aromatic rings. The highest BCUT2D eigenvalue weighted by Gasteiger charge is 2.20. The van der Waals surface area contributed by atoms with Gasteiger partial charge in [-0.05, 0) is 42.8 Å². The Kier molecular flexibility index (Phi) is 6.36. The summed E-state index contributed by atoms with van der Waals surface area (Å²) in [6.07, 6.45) is -0.0584. The Morgan fingerprint density at radius 3 is 2.54 bits per heavy atom. The highest BCUT2D eigenvalue weighted by Crippen LogP contribution is 2.25. The number of hydrogen-bond acceptors (Lipinski definition) is 4. The van der Waals surface area contributed by atoms with Crippen LogP contribution in [-0.4, -0.2) is 38.3 Å².